The number of nitrogen functional groups attached to an aromatic ring is 1. The summed E-state index contributed by atoms with van der Waals surface area (Å²) in [6.07, 6.45) is 3.23. The third-order valence-corrected chi connectivity index (χ3v) is 6.67. The Morgan fingerprint density at radius 2 is 1.63 bits per heavy atom. The van der Waals surface area contributed by atoms with Gasteiger partial charge >= 0.3 is 0 Å². The van der Waals surface area contributed by atoms with Crippen molar-refractivity contribution < 1.29 is 0 Å². The van der Waals surface area contributed by atoms with E-state index in [2.05, 4.69) is 76.7 Å². The molecule has 30 heavy (non-hydrogen) atoms. The monoisotopic (exact) mass is 399 g/mol. The number of nitrogens with two attached hydrogens (primary N) is 1. The van der Waals surface area contributed by atoms with E-state index in [0.717, 1.165) is 57.0 Å². The van der Waals surface area contributed by atoms with Crippen molar-refractivity contribution in [3.8, 4) is 11.1 Å². The van der Waals surface area contributed by atoms with E-state index in [1.165, 1.54) is 22.3 Å². The second-order valence-electron chi connectivity index (χ2n) is 8.60. The summed E-state index contributed by atoms with van der Waals surface area (Å²) in [5.41, 5.74) is 12.3. The second kappa shape index (κ2) is 7.73. The lowest BCUT2D eigenvalue weighted by Crippen LogP contribution is -2.45. The van der Waals surface area contributed by atoms with Crippen LogP contribution in [0.5, 0.6) is 0 Å². The summed E-state index contributed by atoms with van der Waals surface area (Å²) < 4.78 is 0. The highest BCUT2D eigenvalue weighted by atomic mass is 15.2. The Morgan fingerprint density at radius 3 is 2.37 bits per heavy atom. The van der Waals surface area contributed by atoms with Crippen molar-refractivity contribution >= 4 is 11.8 Å². The molecule has 5 nitrogen and oxygen atoms in total. The van der Waals surface area contributed by atoms with E-state index in [4.69, 9.17) is 10.7 Å². The van der Waals surface area contributed by atoms with Crippen molar-refractivity contribution in [1.82, 2.24) is 15.3 Å². The fourth-order valence-corrected chi connectivity index (χ4v) is 4.99. The highest BCUT2D eigenvalue weighted by Gasteiger charge is 2.38. The zero-order valence-corrected chi connectivity index (χ0v) is 17.6. The standard InChI is InChI=1S/C25H29N5/c1-25(20-11-9-19(10-12-20)18-6-3-2-4-7-18)13-5-8-21-22(25)28-24(26)29-23(21)30-16-14-27-15-17-30/h2-4,6-7,9-12,27H,5,8,13-17H2,1H3,(H2,26,28,29). The summed E-state index contributed by atoms with van der Waals surface area (Å²) >= 11 is 0. The maximum atomic E-state index is 6.22. The van der Waals surface area contributed by atoms with E-state index < -0.39 is 0 Å². The molecule has 0 radical (unpaired) electrons. The van der Waals surface area contributed by atoms with Gasteiger partial charge in [0.05, 0.1) is 5.69 Å². The largest absolute Gasteiger partial charge is 0.368 e. The van der Waals surface area contributed by atoms with E-state index in [1.807, 2.05) is 0 Å². The van der Waals surface area contributed by atoms with E-state index in [9.17, 15) is 0 Å². The predicted octanol–water partition coefficient (Wildman–Crippen LogP) is 3.78. The molecule has 5 rings (SSSR count). The minimum atomic E-state index is -0.150. The fraction of sp³-hybridized carbons (Fsp3) is 0.360. The molecule has 3 aromatic rings. The van der Waals surface area contributed by atoms with Gasteiger partial charge < -0.3 is 16.0 Å². The van der Waals surface area contributed by atoms with Crippen LogP contribution in [0.1, 0.15) is 36.6 Å². The molecule has 0 saturated carbocycles. The van der Waals surface area contributed by atoms with Crippen molar-refractivity contribution in [2.24, 2.45) is 0 Å². The van der Waals surface area contributed by atoms with Gasteiger partial charge in [-0.05, 0) is 42.9 Å². The Morgan fingerprint density at radius 1 is 0.933 bits per heavy atom. The molecular formula is C25H29N5. The second-order valence-corrected chi connectivity index (χ2v) is 8.60. The maximum absolute atomic E-state index is 6.22. The van der Waals surface area contributed by atoms with Crippen LogP contribution in [0, 0.1) is 0 Å². The quantitative estimate of drug-likeness (QED) is 0.702. The highest BCUT2D eigenvalue weighted by molar-refractivity contribution is 5.64. The lowest BCUT2D eigenvalue weighted by atomic mass is 9.69. The molecule has 0 spiro atoms. The lowest BCUT2D eigenvalue weighted by molar-refractivity contribution is 0.448. The highest BCUT2D eigenvalue weighted by Crippen LogP contribution is 2.44. The van der Waals surface area contributed by atoms with E-state index in [1.54, 1.807) is 0 Å². The molecule has 1 saturated heterocycles. The van der Waals surface area contributed by atoms with Crippen LogP contribution in [-0.2, 0) is 11.8 Å². The summed E-state index contributed by atoms with van der Waals surface area (Å²) in [5, 5.41) is 3.42. The summed E-state index contributed by atoms with van der Waals surface area (Å²) in [7, 11) is 0. The van der Waals surface area contributed by atoms with Crippen LogP contribution in [0.25, 0.3) is 11.1 Å². The third kappa shape index (κ3) is 3.33. The van der Waals surface area contributed by atoms with Gasteiger partial charge in [-0.2, -0.15) is 4.98 Å². The number of hydrogen-bond donors (Lipinski definition) is 2. The average molecular weight is 400 g/mol. The minimum absolute atomic E-state index is 0.150. The third-order valence-electron chi connectivity index (χ3n) is 6.67. The Hall–Kier alpha value is -2.92. The topological polar surface area (TPSA) is 67.1 Å². The van der Waals surface area contributed by atoms with Gasteiger partial charge in [-0.25, -0.2) is 4.98 Å². The van der Waals surface area contributed by atoms with Crippen LogP contribution in [0.2, 0.25) is 0 Å². The van der Waals surface area contributed by atoms with Gasteiger partial charge in [-0.1, -0.05) is 54.6 Å². The van der Waals surface area contributed by atoms with Gasteiger partial charge in [0.25, 0.3) is 0 Å². The van der Waals surface area contributed by atoms with Gasteiger partial charge in [-0.15, -0.1) is 0 Å². The number of hydrogen-bond acceptors (Lipinski definition) is 5. The van der Waals surface area contributed by atoms with Crippen LogP contribution in [-0.4, -0.2) is 36.1 Å². The molecule has 2 aliphatic rings. The first-order chi connectivity index (χ1) is 14.6. The van der Waals surface area contributed by atoms with Crippen LogP contribution in [0.4, 0.5) is 11.8 Å². The van der Waals surface area contributed by atoms with Gasteiger partial charge in [0.1, 0.15) is 5.82 Å². The van der Waals surface area contributed by atoms with Crippen LogP contribution >= 0.6 is 0 Å². The average Bonchev–Trinajstić information content (AvgIpc) is 2.80. The number of anilines is 2. The molecule has 1 fully saturated rings. The van der Waals surface area contributed by atoms with E-state index >= 15 is 0 Å². The Balaban J connectivity index is 1.55. The first kappa shape index (κ1) is 19.1. The van der Waals surface area contributed by atoms with Crippen LogP contribution in [0.15, 0.2) is 54.6 Å². The summed E-state index contributed by atoms with van der Waals surface area (Å²) in [6.45, 7) is 6.21. The molecule has 2 aromatic carbocycles. The summed E-state index contributed by atoms with van der Waals surface area (Å²) in [5.74, 6) is 1.43. The number of nitrogens with one attached hydrogen (secondary N) is 1. The molecule has 1 aliphatic carbocycles. The van der Waals surface area contributed by atoms with Crippen LogP contribution < -0.4 is 16.0 Å². The zero-order valence-electron chi connectivity index (χ0n) is 17.6. The molecule has 5 heteroatoms. The smallest absolute Gasteiger partial charge is 0.222 e. The number of benzene rings is 2. The first-order valence-corrected chi connectivity index (χ1v) is 10.9. The molecule has 1 unspecified atom stereocenters. The molecule has 1 atom stereocenters. The van der Waals surface area contributed by atoms with Crippen LogP contribution in [0.3, 0.4) is 0 Å². The molecule has 2 heterocycles. The SMILES string of the molecule is CC1(c2ccc(-c3ccccc3)cc2)CCCc2c(N3CCNCC3)nc(N)nc21. The van der Waals surface area contributed by atoms with Gasteiger partial charge in [0, 0.05) is 37.2 Å². The van der Waals surface area contributed by atoms with Gasteiger partial charge in [-0.3, -0.25) is 0 Å². The maximum Gasteiger partial charge on any atom is 0.222 e. The number of rotatable bonds is 3. The molecule has 0 amide bonds. The molecule has 1 aromatic heterocycles. The lowest BCUT2D eigenvalue weighted by Gasteiger charge is -2.38. The molecular weight excluding hydrogens is 370 g/mol. The Kier molecular flexibility index (Phi) is 4.91. The fourth-order valence-electron chi connectivity index (χ4n) is 4.99. The van der Waals surface area contributed by atoms with E-state index in [0.29, 0.717) is 5.95 Å². The van der Waals surface area contributed by atoms with Crippen molar-refractivity contribution in [3.63, 3.8) is 0 Å². The molecule has 154 valence electrons. The predicted molar refractivity (Wildman–Crippen MR) is 123 cm³/mol. The molecule has 3 N–H and O–H groups in total. The zero-order chi connectivity index (χ0) is 20.6. The number of piperazine rings is 1. The van der Waals surface area contributed by atoms with Gasteiger partial charge in [0.15, 0.2) is 0 Å². The normalized spacial score (nSPS) is 21.3. The first-order valence-electron chi connectivity index (χ1n) is 10.9. The summed E-state index contributed by atoms with van der Waals surface area (Å²) in [4.78, 5) is 11.9. The minimum Gasteiger partial charge on any atom is -0.368 e. The van der Waals surface area contributed by atoms with Gasteiger partial charge in [0.2, 0.25) is 5.95 Å². The van der Waals surface area contributed by atoms with Crippen molar-refractivity contribution in [2.45, 2.75) is 31.6 Å². The number of nitrogens with zero attached hydrogens (tertiary/aromatic N) is 3. The van der Waals surface area contributed by atoms with Crippen molar-refractivity contribution in [1.29, 1.82) is 0 Å². The molecule has 0 bridgehead atoms. The number of fused-ring (bicyclic) bond motifs is 1. The Labute approximate surface area is 178 Å². The van der Waals surface area contributed by atoms with Crippen molar-refractivity contribution in [2.75, 3.05) is 36.8 Å². The molecule has 1 aliphatic heterocycles. The van der Waals surface area contributed by atoms with Crippen molar-refractivity contribution in [3.05, 3.63) is 71.4 Å². The van der Waals surface area contributed by atoms with E-state index in [-0.39, 0.29) is 5.41 Å². The summed E-state index contributed by atoms with van der Waals surface area (Å²) in [6, 6.07) is 19.5. The number of aromatic nitrogens is 2. The Bertz CT molecular complexity index is 1030.